The average molecular weight is 471 g/mol. The largest absolute Gasteiger partial charge is 0.358 e. The Morgan fingerprint density at radius 3 is 1.46 bits per heavy atom. The van der Waals surface area contributed by atoms with E-state index >= 15 is 0 Å². The standard InChI is InChI=1S/C27H26N4O4/c1-16-22(18-8-3-5-10-20(18)28-16)24(32)26(34)30-12-7-13-31(15-14-30)27(35)25(33)23-17(2)29-21-11-6-4-9-19(21)23/h3-6,8-11,28-29H,7,12-15H2,1-2H3. The van der Waals surface area contributed by atoms with Crippen molar-refractivity contribution < 1.29 is 19.2 Å². The zero-order chi connectivity index (χ0) is 24.7. The van der Waals surface area contributed by atoms with Gasteiger partial charge in [0, 0.05) is 59.4 Å². The van der Waals surface area contributed by atoms with Crippen molar-refractivity contribution in [2.75, 3.05) is 26.2 Å². The van der Waals surface area contributed by atoms with Crippen molar-refractivity contribution in [3.05, 3.63) is 71.0 Å². The second-order valence-electron chi connectivity index (χ2n) is 8.94. The van der Waals surface area contributed by atoms with Gasteiger partial charge in [0.15, 0.2) is 0 Å². The molecular formula is C27H26N4O4. The fourth-order valence-corrected chi connectivity index (χ4v) is 4.96. The summed E-state index contributed by atoms with van der Waals surface area (Å²) in [7, 11) is 0. The summed E-state index contributed by atoms with van der Waals surface area (Å²) in [6.45, 7) is 4.63. The van der Waals surface area contributed by atoms with Crippen LogP contribution in [0.25, 0.3) is 21.8 Å². The molecule has 178 valence electrons. The third-order valence-corrected chi connectivity index (χ3v) is 6.70. The van der Waals surface area contributed by atoms with Crippen LogP contribution in [0.15, 0.2) is 48.5 Å². The fraction of sp³-hybridized carbons (Fsp3) is 0.259. The van der Waals surface area contributed by atoms with E-state index in [0.29, 0.717) is 42.0 Å². The summed E-state index contributed by atoms with van der Waals surface area (Å²) in [5.74, 6) is -2.31. The number of hydrogen-bond donors (Lipinski definition) is 2. The number of aromatic amines is 2. The van der Waals surface area contributed by atoms with Crippen molar-refractivity contribution in [1.29, 1.82) is 0 Å². The topological polar surface area (TPSA) is 106 Å². The van der Waals surface area contributed by atoms with E-state index in [2.05, 4.69) is 9.97 Å². The predicted molar refractivity (Wildman–Crippen MR) is 133 cm³/mol. The number of carbonyl (C=O) groups is 4. The van der Waals surface area contributed by atoms with Gasteiger partial charge >= 0.3 is 0 Å². The Morgan fingerprint density at radius 2 is 1.03 bits per heavy atom. The van der Waals surface area contributed by atoms with E-state index in [9.17, 15) is 19.2 Å². The number of carbonyl (C=O) groups excluding carboxylic acids is 4. The highest BCUT2D eigenvalue weighted by Gasteiger charge is 2.32. The van der Waals surface area contributed by atoms with E-state index in [-0.39, 0.29) is 13.1 Å². The number of nitrogens with zero attached hydrogens (tertiary/aromatic N) is 2. The minimum Gasteiger partial charge on any atom is -0.358 e. The maximum Gasteiger partial charge on any atom is 0.295 e. The molecule has 5 rings (SSSR count). The number of para-hydroxylation sites is 2. The Morgan fingerprint density at radius 1 is 0.629 bits per heavy atom. The fourth-order valence-electron chi connectivity index (χ4n) is 4.96. The third-order valence-electron chi connectivity index (χ3n) is 6.70. The molecule has 1 aliphatic heterocycles. The van der Waals surface area contributed by atoms with Crippen molar-refractivity contribution in [3.8, 4) is 0 Å². The van der Waals surface area contributed by atoms with Crippen LogP contribution < -0.4 is 0 Å². The van der Waals surface area contributed by atoms with Gasteiger partial charge in [-0.05, 0) is 32.4 Å². The molecule has 0 bridgehead atoms. The first-order valence-corrected chi connectivity index (χ1v) is 11.7. The number of aryl methyl sites for hydroxylation is 2. The molecule has 1 aliphatic rings. The monoisotopic (exact) mass is 470 g/mol. The Labute approximate surface area is 201 Å². The van der Waals surface area contributed by atoms with Gasteiger partial charge < -0.3 is 19.8 Å². The number of hydrogen-bond acceptors (Lipinski definition) is 4. The van der Waals surface area contributed by atoms with E-state index in [1.165, 1.54) is 9.80 Å². The summed E-state index contributed by atoms with van der Waals surface area (Å²) in [6.07, 6.45) is 0.484. The maximum atomic E-state index is 13.1. The van der Waals surface area contributed by atoms with E-state index in [1.807, 2.05) is 48.5 Å². The maximum absolute atomic E-state index is 13.1. The number of rotatable bonds is 4. The Hall–Kier alpha value is -4.20. The van der Waals surface area contributed by atoms with Crippen LogP contribution in [-0.4, -0.2) is 69.3 Å². The lowest BCUT2D eigenvalue weighted by atomic mass is 10.1. The Kier molecular flexibility index (Phi) is 5.72. The molecule has 1 saturated heterocycles. The van der Waals surface area contributed by atoms with Crippen LogP contribution in [0.2, 0.25) is 0 Å². The zero-order valence-electron chi connectivity index (χ0n) is 19.7. The molecule has 0 aliphatic carbocycles. The number of ketones is 2. The van der Waals surface area contributed by atoms with Crippen LogP contribution in [0.1, 0.15) is 38.5 Å². The second kappa shape index (κ2) is 8.87. The van der Waals surface area contributed by atoms with Crippen LogP contribution in [0.4, 0.5) is 0 Å². The van der Waals surface area contributed by atoms with Gasteiger partial charge in [-0.1, -0.05) is 36.4 Å². The molecule has 0 atom stereocenters. The molecule has 0 spiro atoms. The van der Waals surface area contributed by atoms with Crippen molar-refractivity contribution >= 4 is 45.2 Å². The highest BCUT2D eigenvalue weighted by atomic mass is 16.2. The van der Waals surface area contributed by atoms with E-state index in [0.717, 1.165) is 21.8 Å². The van der Waals surface area contributed by atoms with Crippen LogP contribution in [-0.2, 0) is 9.59 Å². The lowest BCUT2D eigenvalue weighted by molar-refractivity contribution is -0.128. The zero-order valence-corrected chi connectivity index (χ0v) is 19.7. The van der Waals surface area contributed by atoms with Gasteiger partial charge in [0.05, 0.1) is 11.1 Å². The quantitative estimate of drug-likeness (QED) is 0.352. The summed E-state index contributed by atoms with van der Waals surface area (Å²) < 4.78 is 0. The first-order valence-electron chi connectivity index (χ1n) is 11.7. The van der Waals surface area contributed by atoms with E-state index in [1.54, 1.807) is 13.8 Å². The van der Waals surface area contributed by atoms with E-state index < -0.39 is 23.4 Å². The van der Waals surface area contributed by atoms with Crippen LogP contribution in [0.3, 0.4) is 0 Å². The van der Waals surface area contributed by atoms with Gasteiger partial charge in [-0.15, -0.1) is 0 Å². The minimum atomic E-state index is -0.592. The Bertz CT molecular complexity index is 1380. The number of aromatic nitrogens is 2. The smallest absolute Gasteiger partial charge is 0.295 e. The summed E-state index contributed by atoms with van der Waals surface area (Å²) in [5.41, 5.74) is 3.67. The lowest BCUT2D eigenvalue weighted by Crippen LogP contribution is -2.42. The molecule has 2 N–H and O–H groups in total. The van der Waals surface area contributed by atoms with Gasteiger partial charge in [0.1, 0.15) is 0 Å². The van der Waals surface area contributed by atoms with E-state index in [4.69, 9.17) is 0 Å². The molecule has 2 amide bonds. The van der Waals surface area contributed by atoms with Gasteiger partial charge in [-0.25, -0.2) is 0 Å². The van der Waals surface area contributed by atoms with Crippen LogP contribution >= 0.6 is 0 Å². The summed E-state index contributed by atoms with van der Waals surface area (Å²) in [6, 6.07) is 14.8. The molecule has 8 nitrogen and oxygen atoms in total. The number of fused-ring (bicyclic) bond motifs is 2. The van der Waals surface area contributed by atoms with Crippen molar-refractivity contribution in [3.63, 3.8) is 0 Å². The van der Waals surface area contributed by atoms with Crippen molar-refractivity contribution in [2.24, 2.45) is 0 Å². The Balaban J connectivity index is 1.31. The normalized spacial score (nSPS) is 14.3. The summed E-state index contributed by atoms with van der Waals surface area (Å²) in [4.78, 5) is 61.8. The molecule has 0 saturated carbocycles. The van der Waals surface area contributed by atoms with Crippen LogP contribution in [0.5, 0.6) is 0 Å². The predicted octanol–water partition coefficient (Wildman–Crippen LogP) is 3.39. The number of amides is 2. The third kappa shape index (κ3) is 3.90. The van der Waals surface area contributed by atoms with Gasteiger partial charge in [-0.3, -0.25) is 19.2 Å². The second-order valence-corrected chi connectivity index (χ2v) is 8.94. The number of Topliss-reactive ketones (excluding diaryl/α,β-unsaturated/α-hetero) is 2. The molecule has 35 heavy (non-hydrogen) atoms. The molecule has 2 aromatic heterocycles. The molecule has 8 heteroatoms. The molecule has 1 fully saturated rings. The average Bonchev–Trinajstić information content (AvgIpc) is 3.25. The molecule has 4 aromatic rings. The number of nitrogens with one attached hydrogen (secondary N) is 2. The minimum absolute atomic E-state index is 0.192. The molecule has 2 aromatic carbocycles. The summed E-state index contributed by atoms with van der Waals surface area (Å²) >= 11 is 0. The van der Waals surface area contributed by atoms with Gasteiger partial charge in [-0.2, -0.15) is 0 Å². The number of benzene rings is 2. The summed E-state index contributed by atoms with van der Waals surface area (Å²) in [5, 5.41) is 1.43. The highest BCUT2D eigenvalue weighted by molar-refractivity contribution is 6.46. The first-order chi connectivity index (χ1) is 16.9. The SMILES string of the molecule is Cc1[nH]c2ccccc2c1C(=O)C(=O)N1CCCN(C(=O)C(=O)c2c(C)[nH]c3ccccc23)CC1. The van der Waals surface area contributed by atoms with Crippen molar-refractivity contribution in [2.45, 2.75) is 20.3 Å². The molecule has 0 radical (unpaired) electrons. The van der Waals surface area contributed by atoms with Gasteiger partial charge in [0.25, 0.3) is 23.4 Å². The molecular weight excluding hydrogens is 444 g/mol. The lowest BCUT2D eigenvalue weighted by Gasteiger charge is -2.21. The highest BCUT2D eigenvalue weighted by Crippen LogP contribution is 2.25. The molecule has 0 unspecified atom stereocenters. The van der Waals surface area contributed by atoms with Crippen LogP contribution in [0, 0.1) is 13.8 Å². The first kappa shape index (κ1) is 22.6. The number of H-pyrrole nitrogens is 2. The van der Waals surface area contributed by atoms with Gasteiger partial charge in [0.2, 0.25) is 0 Å². The molecule has 3 heterocycles. The van der Waals surface area contributed by atoms with Crippen molar-refractivity contribution in [1.82, 2.24) is 19.8 Å².